The van der Waals surface area contributed by atoms with E-state index < -0.39 is 0 Å². The van der Waals surface area contributed by atoms with E-state index in [1.54, 1.807) is 19.2 Å². The third-order valence-electron chi connectivity index (χ3n) is 3.82. The smallest absolute Gasteiger partial charge is 0.191 e. The molecule has 0 bridgehead atoms. The van der Waals surface area contributed by atoms with Crippen molar-refractivity contribution in [3.05, 3.63) is 35.6 Å². The molecule has 1 aromatic carbocycles. The third-order valence-corrected chi connectivity index (χ3v) is 3.82. The van der Waals surface area contributed by atoms with Crippen molar-refractivity contribution in [1.82, 2.24) is 10.6 Å². The fourth-order valence-electron chi connectivity index (χ4n) is 1.99. The highest BCUT2D eigenvalue weighted by molar-refractivity contribution is 5.79. The standard InChI is InChI=1S/C18H30FN3O/c1-7-20-16(22-13-18(4,5)23-6)21-12-17(2,3)14-9-8-10-15(19)11-14/h8-11H,7,12-13H2,1-6H3,(H2,20,21,22). The first kappa shape index (κ1) is 19.4. The minimum absolute atomic E-state index is 0.210. The number of guanidine groups is 1. The Balaban J connectivity index is 2.75. The summed E-state index contributed by atoms with van der Waals surface area (Å²) in [5.74, 6) is 0.528. The lowest BCUT2D eigenvalue weighted by atomic mass is 9.84. The maximum atomic E-state index is 13.4. The Morgan fingerprint density at radius 1 is 1.22 bits per heavy atom. The molecule has 1 rings (SSSR count). The fraction of sp³-hybridized carbons (Fsp3) is 0.611. The topological polar surface area (TPSA) is 45.7 Å². The van der Waals surface area contributed by atoms with Gasteiger partial charge in [-0.2, -0.15) is 0 Å². The Morgan fingerprint density at radius 3 is 2.48 bits per heavy atom. The summed E-state index contributed by atoms with van der Waals surface area (Å²) in [7, 11) is 1.68. The summed E-state index contributed by atoms with van der Waals surface area (Å²) >= 11 is 0. The molecule has 130 valence electrons. The molecule has 0 aliphatic heterocycles. The highest BCUT2D eigenvalue weighted by atomic mass is 19.1. The van der Waals surface area contributed by atoms with Crippen LogP contribution in [0.15, 0.2) is 29.3 Å². The van der Waals surface area contributed by atoms with E-state index >= 15 is 0 Å². The quantitative estimate of drug-likeness (QED) is 0.599. The lowest BCUT2D eigenvalue weighted by Gasteiger charge is -2.27. The second kappa shape index (κ2) is 8.29. The number of nitrogens with zero attached hydrogens (tertiary/aromatic N) is 1. The highest BCUT2D eigenvalue weighted by Crippen LogP contribution is 2.22. The molecule has 2 N–H and O–H groups in total. The Morgan fingerprint density at radius 2 is 1.91 bits per heavy atom. The monoisotopic (exact) mass is 323 g/mol. The van der Waals surface area contributed by atoms with Crippen LogP contribution in [-0.2, 0) is 10.2 Å². The Labute approximate surface area is 139 Å². The molecule has 5 heteroatoms. The maximum absolute atomic E-state index is 13.4. The zero-order valence-corrected chi connectivity index (χ0v) is 15.2. The van der Waals surface area contributed by atoms with Crippen molar-refractivity contribution >= 4 is 5.96 Å². The molecular formula is C18H30FN3O. The number of aliphatic imine (C=N–C) groups is 1. The van der Waals surface area contributed by atoms with Gasteiger partial charge in [0.15, 0.2) is 5.96 Å². The number of halogens is 1. The SMILES string of the molecule is CCNC(=NCC(C)(C)OC)NCC(C)(C)c1cccc(F)c1. The van der Waals surface area contributed by atoms with Crippen LogP contribution in [0.25, 0.3) is 0 Å². The van der Waals surface area contributed by atoms with Crippen LogP contribution in [-0.4, -0.2) is 38.3 Å². The minimum Gasteiger partial charge on any atom is -0.377 e. The van der Waals surface area contributed by atoms with E-state index in [4.69, 9.17) is 4.74 Å². The maximum Gasteiger partial charge on any atom is 0.191 e. The van der Waals surface area contributed by atoms with Crippen molar-refractivity contribution in [2.45, 2.75) is 45.6 Å². The summed E-state index contributed by atoms with van der Waals surface area (Å²) in [6.07, 6.45) is 0. The molecular weight excluding hydrogens is 293 g/mol. The van der Waals surface area contributed by atoms with Gasteiger partial charge in [-0.15, -0.1) is 0 Å². The van der Waals surface area contributed by atoms with Crippen molar-refractivity contribution in [2.24, 2.45) is 4.99 Å². The predicted molar refractivity (Wildman–Crippen MR) is 94.5 cm³/mol. The molecule has 1 aromatic rings. The van der Waals surface area contributed by atoms with Gasteiger partial charge in [0, 0.05) is 25.6 Å². The lowest BCUT2D eigenvalue weighted by molar-refractivity contribution is 0.0310. The zero-order chi connectivity index (χ0) is 17.5. The molecule has 0 saturated carbocycles. The van der Waals surface area contributed by atoms with Crippen molar-refractivity contribution in [1.29, 1.82) is 0 Å². The van der Waals surface area contributed by atoms with Crippen molar-refractivity contribution in [3.8, 4) is 0 Å². The van der Waals surface area contributed by atoms with Crippen LogP contribution in [0.5, 0.6) is 0 Å². The molecule has 0 fully saturated rings. The number of ether oxygens (including phenoxy) is 1. The molecule has 0 spiro atoms. The zero-order valence-electron chi connectivity index (χ0n) is 15.2. The molecule has 0 saturated heterocycles. The Bertz CT molecular complexity index is 527. The Kier molecular flexibility index (Phi) is 7.01. The summed E-state index contributed by atoms with van der Waals surface area (Å²) in [4.78, 5) is 4.57. The summed E-state index contributed by atoms with van der Waals surface area (Å²) in [5.41, 5.74) is 0.438. The van der Waals surface area contributed by atoms with E-state index in [0.29, 0.717) is 13.1 Å². The summed E-state index contributed by atoms with van der Waals surface area (Å²) in [5, 5.41) is 6.56. The largest absolute Gasteiger partial charge is 0.377 e. The molecule has 0 amide bonds. The van der Waals surface area contributed by atoms with E-state index in [0.717, 1.165) is 18.1 Å². The number of benzene rings is 1. The molecule has 0 aliphatic rings. The minimum atomic E-state index is -0.305. The van der Waals surface area contributed by atoms with Gasteiger partial charge in [-0.05, 0) is 38.5 Å². The van der Waals surface area contributed by atoms with Crippen molar-refractivity contribution < 1.29 is 9.13 Å². The van der Waals surface area contributed by atoms with E-state index in [9.17, 15) is 4.39 Å². The Hall–Kier alpha value is -1.62. The van der Waals surface area contributed by atoms with Gasteiger partial charge in [-0.25, -0.2) is 4.39 Å². The van der Waals surface area contributed by atoms with Gasteiger partial charge in [-0.1, -0.05) is 26.0 Å². The van der Waals surface area contributed by atoms with Crippen LogP contribution in [0.3, 0.4) is 0 Å². The molecule has 0 heterocycles. The van der Waals surface area contributed by atoms with Gasteiger partial charge in [0.25, 0.3) is 0 Å². The number of nitrogens with one attached hydrogen (secondary N) is 2. The molecule has 0 radical (unpaired) electrons. The molecule has 4 nitrogen and oxygen atoms in total. The van der Waals surface area contributed by atoms with E-state index in [2.05, 4.69) is 29.5 Å². The highest BCUT2D eigenvalue weighted by Gasteiger charge is 2.22. The van der Waals surface area contributed by atoms with Gasteiger partial charge in [-0.3, -0.25) is 4.99 Å². The third kappa shape index (κ3) is 6.57. The summed E-state index contributed by atoms with van der Waals surface area (Å²) < 4.78 is 18.8. The van der Waals surface area contributed by atoms with Crippen LogP contribution < -0.4 is 10.6 Å². The van der Waals surface area contributed by atoms with E-state index in [1.807, 2.05) is 26.8 Å². The van der Waals surface area contributed by atoms with Crippen molar-refractivity contribution in [2.75, 3.05) is 26.7 Å². The second-order valence-electron chi connectivity index (χ2n) is 6.91. The molecule has 0 aliphatic carbocycles. The van der Waals surface area contributed by atoms with Gasteiger partial charge in [0.1, 0.15) is 5.82 Å². The van der Waals surface area contributed by atoms with Gasteiger partial charge in [0.05, 0.1) is 12.1 Å². The van der Waals surface area contributed by atoms with Crippen LogP contribution in [0.4, 0.5) is 4.39 Å². The first-order valence-electron chi connectivity index (χ1n) is 8.03. The van der Waals surface area contributed by atoms with Gasteiger partial charge < -0.3 is 15.4 Å². The first-order chi connectivity index (χ1) is 10.7. The van der Waals surface area contributed by atoms with Crippen LogP contribution in [0.1, 0.15) is 40.2 Å². The molecule has 0 unspecified atom stereocenters. The van der Waals surface area contributed by atoms with Crippen LogP contribution in [0.2, 0.25) is 0 Å². The average Bonchev–Trinajstić information content (AvgIpc) is 2.50. The molecule has 23 heavy (non-hydrogen) atoms. The average molecular weight is 323 g/mol. The van der Waals surface area contributed by atoms with Crippen LogP contribution >= 0.6 is 0 Å². The number of hydrogen-bond acceptors (Lipinski definition) is 2. The normalized spacial score (nSPS) is 13.1. The van der Waals surface area contributed by atoms with Gasteiger partial charge >= 0.3 is 0 Å². The molecule has 0 aromatic heterocycles. The number of rotatable bonds is 7. The fourth-order valence-corrected chi connectivity index (χ4v) is 1.99. The number of methoxy groups -OCH3 is 1. The predicted octanol–water partition coefficient (Wildman–Crippen LogP) is 3.08. The second-order valence-corrected chi connectivity index (χ2v) is 6.91. The van der Waals surface area contributed by atoms with Crippen molar-refractivity contribution in [3.63, 3.8) is 0 Å². The van der Waals surface area contributed by atoms with E-state index in [-0.39, 0.29) is 16.8 Å². The van der Waals surface area contributed by atoms with E-state index in [1.165, 1.54) is 6.07 Å². The summed E-state index contributed by atoms with van der Waals surface area (Å²) in [6, 6.07) is 6.74. The molecule has 0 atom stereocenters. The summed E-state index contributed by atoms with van der Waals surface area (Å²) in [6.45, 7) is 12.2. The van der Waals surface area contributed by atoms with Gasteiger partial charge in [0.2, 0.25) is 0 Å². The van der Waals surface area contributed by atoms with Crippen LogP contribution in [0, 0.1) is 5.82 Å². The number of hydrogen-bond donors (Lipinski definition) is 2. The lowest BCUT2D eigenvalue weighted by Crippen LogP contribution is -2.44. The first-order valence-corrected chi connectivity index (χ1v) is 8.03.